The molecule has 1 aromatic rings. The van der Waals surface area contributed by atoms with E-state index in [-0.39, 0.29) is 24.6 Å². The molecular weight excluding hydrogens is 352 g/mol. The number of unbranched alkanes of at least 4 members (excludes halogenated alkanes) is 2. The standard InChI is InChI=1S/C20H30O7/c1-3-4-5-6-12-7-9-14(25-12)20-18(23)17(22)19-15(27-20)10-8-13(26-19)11-16(21)24-2/h7,9,13,15,17-20,22-23H,3-6,8,10-11H2,1-2H3/t13-,15+,17-,18+,19+,20-/m1/s1. The molecule has 152 valence electrons. The van der Waals surface area contributed by atoms with Gasteiger partial charge in [0.25, 0.3) is 0 Å². The Labute approximate surface area is 159 Å². The number of methoxy groups -OCH3 is 1. The summed E-state index contributed by atoms with van der Waals surface area (Å²) in [5.74, 6) is 1.04. The Hall–Kier alpha value is -1.41. The first-order chi connectivity index (χ1) is 13.0. The predicted octanol–water partition coefficient (Wildman–Crippen LogP) is 2.28. The predicted molar refractivity (Wildman–Crippen MR) is 96.1 cm³/mol. The van der Waals surface area contributed by atoms with Crippen molar-refractivity contribution in [2.45, 2.75) is 88.5 Å². The van der Waals surface area contributed by atoms with E-state index in [2.05, 4.69) is 11.7 Å². The number of esters is 1. The minimum absolute atomic E-state index is 0.130. The molecule has 2 aliphatic rings. The highest BCUT2D eigenvalue weighted by atomic mass is 16.6. The fourth-order valence-corrected chi connectivity index (χ4v) is 3.87. The number of rotatable bonds is 7. The van der Waals surface area contributed by atoms with Gasteiger partial charge in [0.2, 0.25) is 0 Å². The van der Waals surface area contributed by atoms with Gasteiger partial charge in [-0.3, -0.25) is 4.79 Å². The molecule has 0 spiro atoms. The second kappa shape index (κ2) is 9.19. The number of aliphatic hydroxyl groups is 2. The monoisotopic (exact) mass is 382 g/mol. The van der Waals surface area contributed by atoms with E-state index >= 15 is 0 Å². The van der Waals surface area contributed by atoms with Crippen LogP contribution in [-0.4, -0.2) is 53.8 Å². The van der Waals surface area contributed by atoms with Gasteiger partial charge in [-0.05, 0) is 31.4 Å². The topological polar surface area (TPSA) is 98.4 Å². The molecule has 0 unspecified atom stereocenters. The number of aryl methyl sites for hydroxylation is 1. The van der Waals surface area contributed by atoms with Gasteiger partial charge in [-0.15, -0.1) is 0 Å². The summed E-state index contributed by atoms with van der Waals surface area (Å²) in [6, 6.07) is 3.72. The Morgan fingerprint density at radius 2 is 2.00 bits per heavy atom. The van der Waals surface area contributed by atoms with Gasteiger partial charge in [0.05, 0.1) is 25.7 Å². The fraction of sp³-hybridized carbons (Fsp3) is 0.750. The van der Waals surface area contributed by atoms with Crippen molar-refractivity contribution in [1.29, 1.82) is 0 Å². The molecule has 0 radical (unpaired) electrons. The summed E-state index contributed by atoms with van der Waals surface area (Å²) >= 11 is 0. The van der Waals surface area contributed by atoms with Gasteiger partial charge < -0.3 is 28.8 Å². The molecular formula is C20H30O7. The molecule has 6 atom stereocenters. The van der Waals surface area contributed by atoms with Gasteiger partial charge in [0.15, 0.2) is 0 Å². The van der Waals surface area contributed by atoms with Crippen molar-refractivity contribution in [3.05, 3.63) is 23.7 Å². The first-order valence-electron chi connectivity index (χ1n) is 9.86. The molecule has 3 rings (SSSR count). The second-order valence-electron chi connectivity index (χ2n) is 7.42. The maximum absolute atomic E-state index is 11.5. The summed E-state index contributed by atoms with van der Waals surface area (Å²) in [5, 5.41) is 21.1. The van der Waals surface area contributed by atoms with Gasteiger partial charge in [-0.1, -0.05) is 19.8 Å². The molecule has 2 fully saturated rings. The Morgan fingerprint density at radius 3 is 2.74 bits per heavy atom. The van der Waals surface area contributed by atoms with Crippen molar-refractivity contribution in [2.75, 3.05) is 7.11 Å². The first-order valence-corrected chi connectivity index (χ1v) is 9.86. The Balaban J connectivity index is 1.63. The number of hydrogen-bond acceptors (Lipinski definition) is 7. The van der Waals surface area contributed by atoms with E-state index in [1.54, 1.807) is 0 Å². The van der Waals surface area contributed by atoms with Crippen LogP contribution in [0.15, 0.2) is 16.5 Å². The lowest BCUT2D eigenvalue weighted by atomic mass is 9.88. The lowest BCUT2D eigenvalue weighted by Gasteiger charge is -2.46. The van der Waals surface area contributed by atoms with E-state index in [4.69, 9.17) is 13.9 Å². The largest absolute Gasteiger partial charge is 0.469 e. The molecule has 2 N–H and O–H groups in total. The average Bonchev–Trinajstić information content (AvgIpc) is 3.13. The van der Waals surface area contributed by atoms with Crippen molar-refractivity contribution < 1.29 is 33.6 Å². The number of hydrogen-bond donors (Lipinski definition) is 2. The molecule has 2 saturated heterocycles. The SMILES string of the molecule is CCCCCc1ccc([C@H]2O[C@H]3CC[C@H](CC(=O)OC)O[C@@H]3[C@H](O)[C@@H]2O)o1. The van der Waals surface area contributed by atoms with Crippen molar-refractivity contribution in [2.24, 2.45) is 0 Å². The van der Waals surface area contributed by atoms with E-state index in [0.717, 1.165) is 31.4 Å². The van der Waals surface area contributed by atoms with Crippen molar-refractivity contribution >= 4 is 5.97 Å². The maximum Gasteiger partial charge on any atom is 0.308 e. The number of carbonyl (C=O) groups excluding carboxylic acids is 1. The zero-order valence-electron chi connectivity index (χ0n) is 16.0. The van der Waals surface area contributed by atoms with Crippen molar-refractivity contribution in [3.8, 4) is 0 Å². The van der Waals surface area contributed by atoms with Crippen LogP contribution in [0.5, 0.6) is 0 Å². The minimum Gasteiger partial charge on any atom is -0.469 e. The van der Waals surface area contributed by atoms with Gasteiger partial charge in [-0.2, -0.15) is 0 Å². The van der Waals surface area contributed by atoms with Crippen LogP contribution in [0.2, 0.25) is 0 Å². The summed E-state index contributed by atoms with van der Waals surface area (Å²) < 4.78 is 22.4. The van der Waals surface area contributed by atoms with Crippen LogP contribution in [0.1, 0.15) is 63.1 Å². The normalized spacial score (nSPS) is 33.5. The fourth-order valence-electron chi connectivity index (χ4n) is 3.87. The summed E-state index contributed by atoms with van der Waals surface area (Å²) in [4.78, 5) is 11.5. The van der Waals surface area contributed by atoms with E-state index in [0.29, 0.717) is 18.6 Å². The average molecular weight is 382 g/mol. The van der Waals surface area contributed by atoms with Crippen LogP contribution in [0, 0.1) is 0 Å². The molecule has 1 aromatic heterocycles. The maximum atomic E-state index is 11.5. The van der Waals surface area contributed by atoms with Crippen LogP contribution >= 0.6 is 0 Å². The Morgan fingerprint density at radius 1 is 1.19 bits per heavy atom. The van der Waals surface area contributed by atoms with Gasteiger partial charge >= 0.3 is 5.97 Å². The molecule has 0 bridgehead atoms. The van der Waals surface area contributed by atoms with Gasteiger partial charge in [0, 0.05) is 6.42 Å². The molecule has 2 aliphatic heterocycles. The molecule has 0 aromatic carbocycles. The zero-order valence-corrected chi connectivity index (χ0v) is 16.0. The van der Waals surface area contributed by atoms with Crippen molar-refractivity contribution in [1.82, 2.24) is 0 Å². The molecule has 0 saturated carbocycles. The highest BCUT2D eigenvalue weighted by molar-refractivity contribution is 5.69. The third-order valence-corrected chi connectivity index (χ3v) is 5.42. The number of ether oxygens (including phenoxy) is 3. The van der Waals surface area contributed by atoms with Crippen LogP contribution < -0.4 is 0 Å². The molecule has 0 amide bonds. The molecule has 7 heteroatoms. The van der Waals surface area contributed by atoms with Crippen molar-refractivity contribution in [3.63, 3.8) is 0 Å². The van der Waals surface area contributed by atoms with Gasteiger partial charge in [-0.25, -0.2) is 0 Å². The highest BCUT2D eigenvalue weighted by Crippen LogP contribution is 2.39. The lowest BCUT2D eigenvalue weighted by Crippen LogP contribution is -2.58. The summed E-state index contributed by atoms with van der Waals surface area (Å²) in [6.07, 6.45) is 1.25. The van der Waals surface area contributed by atoms with Gasteiger partial charge in [0.1, 0.15) is 35.9 Å². The number of aliphatic hydroxyl groups excluding tert-OH is 2. The number of carbonyl (C=O) groups is 1. The smallest absolute Gasteiger partial charge is 0.308 e. The van der Waals surface area contributed by atoms with E-state index in [1.165, 1.54) is 7.11 Å². The lowest BCUT2D eigenvalue weighted by molar-refractivity contribution is -0.268. The highest BCUT2D eigenvalue weighted by Gasteiger charge is 2.49. The number of fused-ring (bicyclic) bond motifs is 1. The summed E-state index contributed by atoms with van der Waals surface area (Å²) in [5.41, 5.74) is 0. The van der Waals surface area contributed by atoms with E-state index in [9.17, 15) is 15.0 Å². The second-order valence-corrected chi connectivity index (χ2v) is 7.42. The molecule has 27 heavy (non-hydrogen) atoms. The first kappa shape index (κ1) is 20.3. The molecule has 7 nitrogen and oxygen atoms in total. The van der Waals surface area contributed by atoms with Crippen LogP contribution in [-0.2, 0) is 25.4 Å². The van der Waals surface area contributed by atoms with Crippen LogP contribution in [0.4, 0.5) is 0 Å². The van der Waals surface area contributed by atoms with E-state index < -0.39 is 24.4 Å². The minimum atomic E-state index is -1.15. The Bertz CT molecular complexity index is 611. The van der Waals surface area contributed by atoms with Crippen LogP contribution in [0.3, 0.4) is 0 Å². The summed E-state index contributed by atoms with van der Waals surface area (Å²) in [7, 11) is 1.33. The van der Waals surface area contributed by atoms with E-state index in [1.807, 2.05) is 12.1 Å². The third-order valence-electron chi connectivity index (χ3n) is 5.42. The zero-order chi connectivity index (χ0) is 19.4. The molecule has 3 heterocycles. The summed E-state index contributed by atoms with van der Waals surface area (Å²) in [6.45, 7) is 2.15. The molecule has 0 aliphatic carbocycles. The van der Waals surface area contributed by atoms with Crippen LogP contribution in [0.25, 0.3) is 0 Å². The third kappa shape index (κ3) is 4.71. The Kier molecular flexibility index (Phi) is 6.92. The quantitative estimate of drug-likeness (QED) is 0.551. The number of furan rings is 1.